The second-order valence-corrected chi connectivity index (χ2v) is 11.3. The monoisotopic (exact) mass is 580 g/mol. The van der Waals surface area contributed by atoms with Gasteiger partial charge in [-0.2, -0.15) is 23.1 Å². The van der Waals surface area contributed by atoms with Gasteiger partial charge in [-0.15, -0.1) is 0 Å². The number of benzene rings is 2. The lowest BCUT2D eigenvalue weighted by Gasteiger charge is -2.39. The van der Waals surface area contributed by atoms with Crippen LogP contribution in [0.1, 0.15) is 36.5 Å². The van der Waals surface area contributed by atoms with Gasteiger partial charge in [0.1, 0.15) is 11.9 Å². The molecule has 0 saturated carbocycles. The Morgan fingerprint density at radius 1 is 1.12 bits per heavy atom. The number of nitrogens with zero attached hydrogens (tertiary/aromatic N) is 3. The molecule has 0 amide bonds. The maximum Gasteiger partial charge on any atom is 0.429 e. The molecule has 2 fully saturated rings. The highest BCUT2D eigenvalue weighted by Gasteiger charge is 2.45. The molecule has 2 aliphatic heterocycles. The van der Waals surface area contributed by atoms with Crippen molar-refractivity contribution in [2.24, 2.45) is 5.41 Å². The highest BCUT2D eigenvalue weighted by Crippen LogP contribution is 2.41. The standard InChI is InChI=1S/C30H31F3N6O3/c1-17-15-35-22-7-6-20(12-21(17)22)18-2-4-19(5-3-18)26(30(31,32)33)42-25-13-24(37-28(34)38-25)39-10-8-29(9-11-39)14-23(27(40)41)36-16-29/h2-7,12-13,15,23,26,35-36H,8-11,14,16H2,1H3,(H,40,41)(H2,34,37,38)/t23-,26+/m0/s1. The van der Waals surface area contributed by atoms with Crippen molar-refractivity contribution in [2.45, 2.75) is 44.5 Å². The molecule has 2 aliphatic rings. The number of fused-ring (bicyclic) bond motifs is 1. The van der Waals surface area contributed by atoms with E-state index in [4.69, 9.17) is 10.5 Å². The average Bonchev–Trinajstić information content (AvgIpc) is 3.55. The number of halogens is 3. The van der Waals surface area contributed by atoms with Gasteiger partial charge < -0.3 is 30.8 Å². The van der Waals surface area contributed by atoms with E-state index in [1.807, 2.05) is 36.2 Å². The van der Waals surface area contributed by atoms with Gasteiger partial charge in [0.2, 0.25) is 17.9 Å². The number of hydrogen-bond donors (Lipinski definition) is 4. The zero-order chi connectivity index (χ0) is 29.6. The zero-order valence-corrected chi connectivity index (χ0v) is 22.9. The first-order valence-corrected chi connectivity index (χ1v) is 13.8. The highest BCUT2D eigenvalue weighted by molar-refractivity contribution is 5.87. The Morgan fingerprint density at radius 3 is 2.50 bits per heavy atom. The molecular formula is C30H31F3N6O3. The maximum atomic E-state index is 14.3. The first-order valence-electron chi connectivity index (χ1n) is 13.8. The van der Waals surface area contributed by atoms with E-state index in [1.165, 1.54) is 18.2 Å². The summed E-state index contributed by atoms with van der Waals surface area (Å²) in [5, 5.41) is 13.5. The Hall–Kier alpha value is -4.32. The zero-order valence-electron chi connectivity index (χ0n) is 22.9. The van der Waals surface area contributed by atoms with E-state index in [-0.39, 0.29) is 22.8 Å². The lowest BCUT2D eigenvalue weighted by molar-refractivity contribution is -0.198. The van der Waals surface area contributed by atoms with E-state index in [2.05, 4.69) is 20.3 Å². The minimum atomic E-state index is -4.71. The summed E-state index contributed by atoms with van der Waals surface area (Å²) in [5.74, 6) is -0.948. The number of aryl methyl sites for hydroxylation is 1. The molecule has 0 aliphatic carbocycles. The molecule has 5 N–H and O–H groups in total. The van der Waals surface area contributed by atoms with Gasteiger partial charge in [-0.05, 0) is 60.4 Å². The van der Waals surface area contributed by atoms with Crippen LogP contribution in [0.3, 0.4) is 0 Å². The van der Waals surface area contributed by atoms with E-state index < -0.39 is 24.3 Å². The molecule has 1 spiro atoms. The number of carboxylic acid groups (broad SMARTS) is 1. The van der Waals surface area contributed by atoms with Crippen LogP contribution in [0.4, 0.5) is 24.9 Å². The van der Waals surface area contributed by atoms with Crippen molar-refractivity contribution in [1.82, 2.24) is 20.3 Å². The normalized spacial score (nSPS) is 19.3. The van der Waals surface area contributed by atoms with Crippen molar-refractivity contribution < 1.29 is 27.8 Å². The van der Waals surface area contributed by atoms with Gasteiger partial charge >= 0.3 is 12.1 Å². The minimum absolute atomic E-state index is 0.0643. The number of nitrogens with one attached hydrogen (secondary N) is 2. The third-order valence-corrected chi connectivity index (χ3v) is 8.48. The molecule has 4 heterocycles. The smallest absolute Gasteiger partial charge is 0.429 e. The fraction of sp³-hybridized carbons (Fsp3) is 0.367. The molecule has 2 atom stereocenters. The predicted octanol–water partition coefficient (Wildman–Crippen LogP) is 5.23. The van der Waals surface area contributed by atoms with E-state index in [0.717, 1.165) is 40.4 Å². The van der Waals surface area contributed by atoms with Crippen LogP contribution >= 0.6 is 0 Å². The number of alkyl halides is 3. The minimum Gasteiger partial charge on any atom is -0.480 e. The van der Waals surface area contributed by atoms with Crippen molar-refractivity contribution in [3.63, 3.8) is 0 Å². The highest BCUT2D eigenvalue weighted by atomic mass is 19.4. The number of rotatable bonds is 6. The Morgan fingerprint density at radius 2 is 1.83 bits per heavy atom. The van der Waals surface area contributed by atoms with Gasteiger partial charge in [0.05, 0.1) is 0 Å². The molecule has 9 nitrogen and oxygen atoms in total. The second kappa shape index (κ2) is 10.5. The number of carbonyl (C=O) groups is 1. The number of H-pyrrole nitrogens is 1. The summed E-state index contributed by atoms with van der Waals surface area (Å²) >= 11 is 0. The van der Waals surface area contributed by atoms with Crippen LogP contribution in [0.2, 0.25) is 0 Å². The largest absolute Gasteiger partial charge is 0.480 e. The molecule has 42 heavy (non-hydrogen) atoms. The van der Waals surface area contributed by atoms with Crippen LogP contribution in [0.15, 0.2) is 54.7 Å². The van der Waals surface area contributed by atoms with Crippen LogP contribution < -0.4 is 20.7 Å². The van der Waals surface area contributed by atoms with Crippen molar-refractivity contribution in [3.8, 4) is 17.0 Å². The molecule has 0 bridgehead atoms. The molecule has 12 heteroatoms. The number of aromatic amines is 1. The molecular weight excluding hydrogens is 549 g/mol. The van der Waals surface area contributed by atoms with E-state index >= 15 is 0 Å². The molecule has 220 valence electrons. The van der Waals surface area contributed by atoms with Crippen LogP contribution in [0, 0.1) is 12.3 Å². The summed E-state index contributed by atoms with van der Waals surface area (Å²) in [5.41, 5.74) is 9.46. The average molecular weight is 581 g/mol. The molecule has 0 radical (unpaired) electrons. The summed E-state index contributed by atoms with van der Waals surface area (Å²) in [6.07, 6.45) is -3.07. The Kier molecular flexibility index (Phi) is 6.96. The molecule has 2 aromatic heterocycles. The Labute approximate surface area is 239 Å². The third kappa shape index (κ3) is 5.46. The summed E-state index contributed by atoms with van der Waals surface area (Å²) in [6, 6.07) is 12.8. The fourth-order valence-electron chi connectivity index (χ4n) is 6.07. The summed E-state index contributed by atoms with van der Waals surface area (Å²) in [4.78, 5) is 24.7. The number of ether oxygens (including phenoxy) is 1. The van der Waals surface area contributed by atoms with E-state index in [9.17, 15) is 23.1 Å². The summed E-state index contributed by atoms with van der Waals surface area (Å²) in [7, 11) is 0. The number of nitrogen functional groups attached to an aromatic ring is 1. The van der Waals surface area contributed by atoms with Gasteiger partial charge in [0, 0.05) is 48.4 Å². The van der Waals surface area contributed by atoms with Crippen molar-refractivity contribution >= 4 is 28.6 Å². The maximum absolute atomic E-state index is 14.3. The van der Waals surface area contributed by atoms with Gasteiger partial charge in [-0.25, -0.2) is 0 Å². The number of nitrogens with two attached hydrogens (primary N) is 1. The van der Waals surface area contributed by atoms with Crippen molar-refractivity contribution in [1.29, 1.82) is 0 Å². The van der Waals surface area contributed by atoms with Crippen LogP contribution in [0.5, 0.6) is 5.88 Å². The SMILES string of the molecule is Cc1c[nH]c2ccc(-c3ccc([C@@H](Oc4cc(N5CCC6(CC5)CN[C@H](C(=O)O)C6)nc(N)n4)C(F)(F)F)cc3)cc12. The number of hydrogen-bond acceptors (Lipinski definition) is 7. The Bertz CT molecular complexity index is 1610. The predicted molar refractivity (Wildman–Crippen MR) is 152 cm³/mol. The molecule has 6 rings (SSSR count). The number of carboxylic acids is 1. The summed E-state index contributed by atoms with van der Waals surface area (Å²) in [6.45, 7) is 3.72. The van der Waals surface area contributed by atoms with Gasteiger partial charge in [0.15, 0.2) is 0 Å². The second-order valence-electron chi connectivity index (χ2n) is 11.3. The quantitative estimate of drug-likeness (QED) is 0.244. The number of anilines is 2. The molecule has 4 aromatic rings. The van der Waals surface area contributed by atoms with Crippen molar-refractivity contribution in [3.05, 3.63) is 65.9 Å². The molecule has 0 unspecified atom stereocenters. The Balaban J connectivity index is 1.19. The first-order chi connectivity index (χ1) is 20.0. The lowest BCUT2D eigenvalue weighted by atomic mass is 9.76. The fourth-order valence-corrected chi connectivity index (χ4v) is 6.07. The van der Waals surface area contributed by atoms with E-state index in [0.29, 0.717) is 31.9 Å². The third-order valence-electron chi connectivity index (χ3n) is 8.48. The summed E-state index contributed by atoms with van der Waals surface area (Å²) < 4.78 is 48.2. The number of aliphatic carboxylic acids is 1. The van der Waals surface area contributed by atoms with Crippen LogP contribution in [0.25, 0.3) is 22.0 Å². The number of piperidine rings is 1. The van der Waals surface area contributed by atoms with Crippen LogP contribution in [-0.2, 0) is 4.79 Å². The first kappa shape index (κ1) is 27.8. The number of aromatic nitrogens is 3. The van der Waals surface area contributed by atoms with Crippen molar-refractivity contribution in [2.75, 3.05) is 30.3 Å². The van der Waals surface area contributed by atoms with Crippen LogP contribution in [-0.4, -0.2) is 57.9 Å². The molecule has 2 aromatic carbocycles. The van der Waals surface area contributed by atoms with Gasteiger partial charge in [0.25, 0.3) is 0 Å². The van der Waals surface area contributed by atoms with Gasteiger partial charge in [-0.1, -0.05) is 30.3 Å². The van der Waals surface area contributed by atoms with Gasteiger partial charge in [-0.3, -0.25) is 4.79 Å². The lowest BCUT2D eigenvalue weighted by Crippen LogP contribution is -2.41. The topological polar surface area (TPSA) is 129 Å². The molecule has 2 saturated heterocycles. The van der Waals surface area contributed by atoms with E-state index in [1.54, 1.807) is 12.1 Å².